The highest BCUT2D eigenvalue weighted by Gasteiger charge is 2.30. The summed E-state index contributed by atoms with van der Waals surface area (Å²) in [6, 6.07) is 7.55. The van der Waals surface area contributed by atoms with Gasteiger partial charge in [0.1, 0.15) is 11.1 Å². The van der Waals surface area contributed by atoms with Gasteiger partial charge in [-0.05, 0) is 42.3 Å². The average molecular weight is 407 g/mol. The quantitative estimate of drug-likeness (QED) is 0.394. The number of sulfone groups is 1. The van der Waals surface area contributed by atoms with Crippen molar-refractivity contribution in [1.82, 2.24) is 15.6 Å². The smallest absolute Gasteiger partial charge is 0.309 e. The zero-order valence-electron chi connectivity index (χ0n) is 15.4. The number of benzene rings is 1. The molecule has 1 aromatic heterocycles. The Morgan fingerprint density at radius 1 is 1.11 bits per heavy atom. The summed E-state index contributed by atoms with van der Waals surface area (Å²) in [5, 5.41) is 3.65. The van der Waals surface area contributed by atoms with Crippen LogP contribution in [-0.2, 0) is 19.4 Å². The number of carbonyl (C=O) groups is 2. The minimum atomic E-state index is -3.97. The summed E-state index contributed by atoms with van der Waals surface area (Å²) < 4.78 is 39.2. The Labute approximate surface area is 163 Å². The number of halogens is 1. The molecule has 2 amide bonds. The molecule has 2 rings (SSSR count). The third kappa shape index (κ3) is 5.59. The van der Waals surface area contributed by atoms with Gasteiger partial charge in [-0.2, -0.15) is 0 Å². The highest BCUT2D eigenvalue weighted by Crippen LogP contribution is 2.28. The minimum absolute atomic E-state index is 0.0931. The molecule has 1 heterocycles. The fourth-order valence-electron chi connectivity index (χ4n) is 2.49. The number of hydrogen-bond donors (Lipinski definition) is 2. The molecule has 7 nitrogen and oxygen atoms in total. The first-order chi connectivity index (χ1) is 13.4. The van der Waals surface area contributed by atoms with Crippen molar-refractivity contribution >= 4 is 21.7 Å². The molecule has 0 radical (unpaired) electrons. The Balaban J connectivity index is 2.20. The fraction of sp³-hybridized carbons (Fsp3) is 0.316. The summed E-state index contributed by atoms with van der Waals surface area (Å²) in [7, 11) is -3.97. The van der Waals surface area contributed by atoms with Crippen molar-refractivity contribution in [2.45, 2.75) is 29.9 Å². The SMILES string of the molecule is CCCCNC(=O)C(=O)NC[C@H](c1cccnc1)S(=O)(=O)c1ccc(F)cc1. The lowest BCUT2D eigenvalue weighted by Gasteiger charge is -2.18. The highest BCUT2D eigenvalue weighted by atomic mass is 32.2. The highest BCUT2D eigenvalue weighted by molar-refractivity contribution is 7.91. The van der Waals surface area contributed by atoms with Gasteiger partial charge in [0, 0.05) is 25.5 Å². The Morgan fingerprint density at radius 3 is 2.39 bits per heavy atom. The Bertz CT molecular complexity index is 903. The lowest BCUT2D eigenvalue weighted by atomic mass is 10.2. The molecule has 0 spiro atoms. The third-order valence-corrected chi connectivity index (χ3v) is 6.16. The van der Waals surface area contributed by atoms with E-state index in [2.05, 4.69) is 15.6 Å². The van der Waals surface area contributed by atoms with Crippen LogP contribution < -0.4 is 10.6 Å². The van der Waals surface area contributed by atoms with Crippen molar-refractivity contribution in [3.63, 3.8) is 0 Å². The molecule has 2 N–H and O–H groups in total. The zero-order chi connectivity index (χ0) is 20.6. The van der Waals surface area contributed by atoms with Gasteiger partial charge < -0.3 is 10.6 Å². The molecule has 150 valence electrons. The van der Waals surface area contributed by atoms with Crippen molar-refractivity contribution in [1.29, 1.82) is 0 Å². The molecule has 0 unspecified atom stereocenters. The van der Waals surface area contributed by atoms with E-state index in [1.807, 2.05) is 6.92 Å². The van der Waals surface area contributed by atoms with Gasteiger partial charge in [-0.15, -0.1) is 0 Å². The second-order valence-electron chi connectivity index (χ2n) is 6.09. The molecule has 0 aliphatic carbocycles. The van der Waals surface area contributed by atoms with Gasteiger partial charge in [0.15, 0.2) is 9.84 Å². The second kappa shape index (κ2) is 9.93. The summed E-state index contributed by atoms with van der Waals surface area (Å²) in [6.07, 6.45) is 4.46. The average Bonchev–Trinajstić information content (AvgIpc) is 2.69. The first-order valence-corrected chi connectivity index (χ1v) is 10.4. The van der Waals surface area contributed by atoms with Crippen LogP contribution in [0.4, 0.5) is 4.39 Å². The predicted octanol–water partition coefficient (Wildman–Crippen LogP) is 1.77. The minimum Gasteiger partial charge on any atom is -0.348 e. The van der Waals surface area contributed by atoms with Crippen LogP contribution in [0.5, 0.6) is 0 Å². The van der Waals surface area contributed by atoms with E-state index >= 15 is 0 Å². The van der Waals surface area contributed by atoms with Crippen LogP contribution in [0.1, 0.15) is 30.6 Å². The Hall–Kier alpha value is -2.81. The van der Waals surface area contributed by atoms with E-state index in [1.54, 1.807) is 12.1 Å². The van der Waals surface area contributed by atoms with E-state index in [4.69, 9.17) is 0 Å². The largest absolute Gasteiger partial charge is 0.348 e. The van der Waals surface area contributed by atoms with E-state index in [0.29, 0.717) is 12.1 Å². The lowest BCUT2D eigenvalue weighted by molar-refractivity contribution is -0.139. The number of aromatic nitrogens is 1. The first kappa shape index (κ1) is 21.5. The van der Waals surface area contributed by atoms with Crippen LogP contribution in [0, 0.1) is 5.82 Å². The van der Waals surface area contributed by atoms with Gasteiger partial charge in [-0.3, -0.25) is 14.6 Å². The van der Waals surface area contributed by atoms with Crippen LogP contribution in [0.3, 0.4) is 0 Å². The second-order valence-corrected chi connectivity index (χ2v) is 8.22. The van der Waals surface area contributed by atoms with E-state index in [-0.39, 0.29) is 11.4 Å². The molecule has 0 saturated heterocycles. The maximum atomic E-state index is 13.2. The third-order valence-electron chi connectivity index (χ3n) is 4.04. The molecular formula is C19H22FN3O4S. The maximum absolute atomic E-state index is 13.2. The van der Waals surface area contributed by atoms with E-state index in [0.717, 1.165) is 37.1 Å². The predicted molar refractivity (Wildman–Crippen MR) is 101 cm³/mol. The molecule has 28 heavy (non-hydrogen) atoms. The summed E-state index contributed by atoms with van der Waals surface area (Å²) in [4.78, 5) is 27.6. The standard InChI is InChI=1S/C19H22FN3O4S/c1-2-3-11-22-18(24)19(25)23-13-17(14-5-4-10-21-12-14)28(26,27)16-8-6-15(20)7-9-16/h4-10,12,17H,2-3,11,13H2,1H3,(H,22,24)(H,23,25)/t17-/m1/s1. The number of unbranched alkanes of at least 4 members (excludes halogenated alkanes) is 1. The summed E-state index contributed by atoms with van der Waals surface area (Å²) in [5.74, 6) is -2.30. The molecule has 0 aliphatic rings. The lowest BCUT2D eigenvalue weighted by Crippen LogP contribution is -2.42. The summed E-state index contributed by atoms with van der Waals surface area (Å²) >= 11 is 0. The van der Waals surface area contributed by atoms with Gasteiger partial charge in [0.05, 0.1) is 4.90 Å². The van der Waals surface area contributed by atoms with E-state index in [9.17, 15) is 22.4 Å². The van der Waals surface area contributed by atoms with Crippen molar-refractivity contribution in [3.05, 3.63) is 60.2 Å². The van der Waals surface area contributed by atoms with E-state index < -0.39 is 32.7 Å². The summed E-state index contributed by atoms with van der Waals surface area (Å²) in [6.45, 7) is 1.99. The number of nitrogens with one attached hydrogen (secondary N) is 2. The monoisotopic (exact) mass is 407 g/mol. The molecule has 1 atom stereocenters. The molecule has 0 aliphatic heterocycles. The maximum Gasteiger partial charge on any atom is 0.309 e. The van der Waals surface area contributed by atoms with Crippen molar-refractivity contribution in [2.24, 2.45) is 0 Å². The number of pyridine rings is 1. The van der Waals surface area contributed by atoms with Crippen molar-refractivity contribution < 1.29 is 22.4 Å². The normalized spacial score (nSPS) is 12.2. The zero-order valence-corrected chi connectivity index (χ0v) is 16.2. The first-order valence-electron chi connectivity index (χ1n) is 8.81. The number of carbonyl (C=O) groups excluding carboxylic acids is 2. The van der Waals surface area contributed by atoms with Gasteiger partial charge in [-0.25, -0.2) is 12.8 Å². The van der Waals surface area contributed by atoms with Crippen LogP contribution in [0.25, 0.3) is 0 Å². The van der Waals surface area contributed by atoms with Crippen LogP contribution in [0.2, 0.25) is 0 Å². The molecular weight excluding hydrogens is 385 g/mol. The van der Waals surface area contributed by atoms with Crippen molar-refractivity contribution in [3.8, 4) is 0 Å². The Morgan fingerprint density at radius 2 is 1.79 bits per heavy atom. The molecule has 2 aromatic rings. The van der Waals surface area contributed by atoms with Crippen molar-refractivity contribution in [2.75, 3.05) is 13.1 Å². The number of amides is 2. The molecule has 0 bridgehead atoms. The molecule has 0 saturated carbocycles. The van der Waals surface area contributed by atoms with Gasteiger partial charge in [0.25, 0.3) is 0 Å². The van der Waals surface area contributed by atoms with Gasteiger partial charge in [0.2, 0.25) is 0 Å². The number of nitrogens with zero attached hydrogens (tertiary/aromatic N) is 1. The van der Waals surface area contributed by atoms with Crippen LogP contribution in [0.15, 0.2) is 53.7 Å². The van der Waals surface area contributed by atoms with Gasteiger partial charge in [-0.1, -0.05) is 19.4 Å². The molecule has 1 aromatic carbocycles. The number of rotatable bonds is 8. The molecule has 9 heteroatoms. The van der Waals surface area contributed by atoms with Crippen LogP contribution >= 0.6 is 0 Å². The topological polar surface area (TPSA) is 105 Å². The number of hydrogen-bond acceptors (Lipinski definition) is 5. The Kier molecular flexibility index (Phi) is 7.62. The van der Waals surface area contributed by atoms with E-state index in [1.165, 1.54) is 12.4 Å². The van der Waals surface area contributed by atoms with Gasteiger partial charge >= 0.3 is 11.8 Å². The fourth-order valence-corrected chi connectivity index (χ4v) is 4.13. The summed E-state index contributed by atoms with van der Waals surface area (Å²) in [5.41, 5.74) is 0.346. The molecule has 0 fully saturated rings. The van der Waals surface area contributed by atoms with Crippen LogP contribution in [-0.4, -0.2) is 38.3 Å².